The molecule has 9 nitrogen and oxygen atoms in total. The van der Waals surface area contributed by atoms with Gasteiger partial charge in [-0.2, -0.15) is 0 Å². The topological polar surface area (TPSA) is 94.0 Å². The van der Waals surface area contributed by atoms with Crippen molar-refractivity contribution in [1.82, 2.24) is 19.4 Å². The van der Waals surface area contributed by atoms with Crippen molar-refractivity contribution in [2.45, 2.75) is 32.2 Å². The number of ether oxygens (including phenoxy) is 2. The summed E-state index contributed by atoms with van der Waals surface area (Å²) in [4.78, 5) is 46.9. The predicted octanol–water partition coefficient (Wildman–Crippen LogP) is 1.65. The molecule has 32 heavy (non-hydrogen) atoms. The normalized spacial score (nSPS) is 16.8. The molecule has 0 N–H and O–H groups in total. The monoisotopic (exact) mass is 460 g/mol. The minimum atomic E-state index is -0.538. The third-order valence-corrected chi connectivity index (χ3v) is 6.79. The van der Waals surface area contributed by atoms with E-state index in [-0.39, 0.29) is 22.8 Å². The van der Waals surface area contributed by atoms with Crippen LogP contribution in [-0.2, 0) is 17.7 Å². The molecule has 0 unspecified atom stereocenters. The molecule has 1 fully saturated rings. The van der Waals surface area contributed by atoms with E-state index in [0.717, 1.165) is 19.6 Å². The highest BCUT2D eigenvalue weighted by molar-refractivity contribution is 7.11. The molecule has 2 aromatic heterocycles. The average molecular weight is 461 g/mol. The van der Waals surface area contributed by atoms with Crippen LogP contribution in [0, 0.1) is 0 Å². The van der Waals surface area contributed by atoms with Gasteiger partial charge in [0.2, 0.25) is 0 Å². The molecular formula is C22H28N4O5S. The number of likely N-dealkylation sites (tertiary alicyclic amines) is 1. The van der Waals surface area contributed by atoms with Crippen LogP contribution in [0.15, 0.2) is 22.6 Å². The minimum Gasteiger partial charge on any atom is -0.491 e. The number of pyridine rings is 1. The predicted molar refractivity (Wildman–Crippen MR) is 120 cm³/mol. The Hall–Kier alpha value is -2.72. The fourth-order valence-corrected chi connectivity index (χ4v) is 4.92. The molecule has 0 spiro atoms. The molecular weight excluding hydrogens is 432 g/mol. The molecule has 2 aromatic rings. The standard InChI is InChI=1S/C22H28N4O5S/c1-30-22(29)20-16-5-8-25(21(28)18-14-23-15-32-18)9-10-26(16)19(27)13-17(20)31-12-11-24-6-3-2-4-7-24/h13-15H,2-12H2,1H3. The van der Waals surface area contributed by atoms with Gasteiger partial charge < -0.3 is 18.9 Å². The second-order valence-corrected chi connectivity index (χ2v) is 8.86. The number of esters is 1. The molecule has 10 heteroatoms. The molecule has 0 aliphatic carbocycles. The fourth-order valence-electron chi connectivity index (χ4n) is 4.33. The van der Waals surface area contributed by atoms with E-state index in [1.54, 1.807) is 21.2 Å². The highest BCUT2D eigenvalue weighted by Gasteiger charge is 2.28. The Morgan fingerprint density at radius 1 is 1.12 bits per heavy atom. The molecule has 2 aliphatic rings. The van der Waals surface area contributed by atoms with Crippen LogP contribution < -0.4 is 10.3 Å². The lowest BCUT2D eigenvalue weighted by molar-refractivity contribution is 0.0592. The number of carbonyl (C=O) groups excluding carboxylic acids is 2. The highest BCUT2D eigenvalue weighted by Crippen LogP contribution is 2.25. The fraction of sp³-hybridized carbons (Fsp3) is 0.545. The number of aromatic nitrogens is 2. The molecule has 0 aromatic carbocycles. The van der Waals surface area contributed by atoms with Gasteiger partial charge in [-0.15, -0.1) is 11.3 Å². The van der Waals surface area contributed by atoms with Gasteiger partial charge in [0, 0.05) is 44.4 Å². The molecule has 4 heterocycles. The van der Waals surface area contributed by atoms with Crippen molar-refractivity contribution in [1.29, 1.82) is 0 Å². The van der Waals surface area contributed by atoms with E-state index in [4.69, 9.17) is 9.47 Å². The Morgan fingerprint density at radius 3 is 2.66 bits per heavy atom. The van der Waals surface area contributed by atoms with Crippen LogP contribution in [0.25, 0.3) is 0 Å². The van der Waals surface area contributed by atoms with E-state index in [2.05, 4.69) is 9.88 Å². The molecule has 2 aliphatic heterocycles. The summed E-state index contributed by atoms with van der Waals surface area (Å²) in [5, 5.41) is 0. The third-order valence-electron chi connectivity index (χ3n) is 6.03. The first kappa shape index (κ1) is 22.5. The van der Waals surface area contributed by atoms with Crippen molar-refractivity contribution in [2.75, 3.05) is 46.4 Å². The van der Waals surface area contributed by atoms with Crippen LogP contribution in [0.1, 0.15) is 45.0 Å². The summed E-state index contributed by atoms with van der Waals surface area (Å²) >= 11 is 1.28. The maximum absolute atomic E-state index is 12.9. The van der Waals surface area contributed by atoms with Gasteiger partial charge >= 0.3 is 5.97 Å². The van der Waals surface area contributed by atoms with Gasteiger partial charge in [0.1, 0.15) is 22.8 Å². The summed E-state index contributed by atoms with van der Waals surface area (Å²) < 4.78 is 12.5. The number of fused-ring (bicyclic) bond motifs is 1. The largest absolute Gasteiger partial charge is 0.491 e. The van der Waals surface area contributed by atoms with Crippen LogP contribution in [0.3, 0.4) is 0 Å². The zero-order chi connectivity index (χ0) is 22.5. The van der Waals surface area contributed by atoms with Crippen molar-refractivity contribution < 1.29 is 19.1 Å². The van der Waals surface area contributed by atoms with E-state index >= 15 is 0 Å². The second-order valence-electron chi connectivity index (χ2n) is 7.97. The Labute approximate surface area is 190 Å². The number of hydrogen-bond donors (Lipinski definition) is 0. The number of hydrogen-bond acceptors (Lipinski definition) is 8. The number of amides is 1. The summed E-state index contributed by atoms with van der Waals surface area (Å²) in [5.41, 5.74) is 2.20. The first-order valence-electron chi connectivity index (χ1n) is 11.0. The molecule has 0 atom stereocenters. The number of methoxy groups -OCH3 is 1. The Balaban J connectivity index is 1.55. The number of nitrogens with zero attached hydrogens (tertiary/aromatic N) is 4. The Morgan fingerprint density at radius 2 is 1.94 bits per heavy atom. The van der Waals surface area contributed by atoms with Crippen LogP contribution in [0.4, 0.5) is 0 Å². The molecule has 4 rings (SSSR count). The molecule has 0 saturated carbocycles. The van der Waals surface area contributed by atoms with E-state index in [9.17, 15) is 14.4 Å². The van der Waals surface area contributed by atoms with Gasteiger partial charge in [0.15, 0.2) is 0 Å². The number of piperidine rings is 1. The zero-order valence-electron chi connectivity index (χ0n) is 18.2. The highest BCUT2D eigenvalue weighted by atomic mass is 32.1. The molecule has 0 bridgehead atoms. The lowest BCUT2D eigenvalue weighted by atomic mass is 10.1. The van der Waals surface area contributed by atoms with Crippen LogP contribution in [0.2, 0.25) is 0 Å². The average Bonchev–Trinajstić information content (AvgIpc) is 3.26. The van der Waals surface area contributed by atoms with Gasteiger partial charge in [-0.25, -0.2) is 4.79 Å². The van der Waals surface area contributed by atoms with Crippen molar-refractivity contribution in [3.63, 3.8) is 0 Å². The number of thiazole rings is 1. The van der Waals surface area contributed by atoms with E-state index in [0.29, 0.717) is 43.2 Å². The van der Waals surface area contributed by atoms with Gasteiger partial charge in [-0.05, 0) is 25.9 Å². The quantitative estimate of drug-likeness (QED) is 0.605. The summed E-state index contributed by atoms with van der Waals surface area (Å²) in [7, 11) is 1.32. The van der Waals surface area contributed by atoms with Gasteiger partial charge in [0.05, 0.1) is 18.8 Å². The molecule has 1 amide bonds. The number of rotatable bonds is 6. The first-order valence-corrected chi connectivity index (χ1v) is 11.8. The van der Waals surface area contributed by atoms with Crippen molar-refractivity contribution in [2.24, 2.45) is 0 Å². The SMILES string of the molecule is COC(=O)c1c(OCCN2CCCCC2)cc(=O)n2c1CCN(C(=O)c1cncs1)CC2. The second kappa shape index (κ2) is 10.3. The molecule has 172 valence electrons. The lowest BCUT2D eigenvalue weighted by Gasteiger charge is -2.26. The van der Waals surface area contributed by atoms with Crippen molar-refractivity contribution in [3.05, 3.63) is 44.3 Å². The van der Waals surface area contributed by atoms with Crippen molar-refractivity contribution in [3.8, 4) is 5.75 Å². The van der Waals surface area contributed by atoms with E-state index < -0.39 is 5.97 Å². The summed E-state index contributed by atoms with van der Waals surface area (Å²) in [6.45, 7) is 4.29. The van der Waals surface area contributed by atoms with E-state index in [1.807, 2.05) is 0 Å². The maximum atomic E-state index is 12.9. The van der Waals surface area contributed by atoms with Gasteiger partial charge in [0.25, 0.3) is 11.5 Å². The number of carbonyl (C=O) groups is 2. The summed E-state index contributed by atoms with van der Waals surface area (Å²) in [5.74, 6) is -0.401. The summed E-state index contributed by atoms with van der Waals surface area (Å²) in [6.07, 6.45) is 5.53. The Kier molecular flexibility index (Phi) is 7.21. The Bertz CT molecular complexity index is 1010. The van der Waals surface area contributed by atoms with Crippen molar-refractivity contribution >= 4 is 23.2 Å². The molecule has 1 saturated heterocycles. The molecule has 0 radical (unpaired) electrons. The zero-order valence-corrected chi connectivity index (χ0v) is 19.1. The first-order chi connectivity index (χ1) is 15.6. The maximum Gasteiger partial charge on any atom is 0.343 e. The smallest absolute Gasteiger partial charge is 0.343 e. The van der Waals surface area contributed by atoms with Crippen LogP contribution in [-0.4, -0.2) is 77.7 Å². The summed E-state index contributed by atoms with van der Waals surface area (Å²) in [6, 6.07) is 1.37. The van der Waals surface area contributed by atoms with Crippen LogP contribution >= 0.6 is 11.3 Å². The minimum absolute atomic E-state index is 0.119. The lowest BCUT2D eigenvalue weighted by Crippen LogP contribution is -2.34. The van der Waals surface area contributed by atoms with Crippen LogP contribution in [0.5, 0.6) is 5.75 Å². The third kappa shape index (κ3) is 4.86. The van der Waals surface area contributed by atoms with Gasteiger partial charge in [-0.3, -0.25) is 19.5 Å². The van der Waals surface area contributed by atoms with Gasteiger partial charge in [-0.1, -0.05) is 6.42 Å². The van der Waals surface area contributed by atoms with E-state index in [1.165, 1.54) is 43.8 Å².